The average Bonchev–Trinajstić information content (AvgIpc) is 2.24. The van der Waals surface area contributed by atoms with Gasteiger partial charge in [-0.1, -0.05) is 12.1 Å². The van der Waals surface area contributed by atoms with Crippen molar-refractivity contribution >= 4 is 0 Å². The summed E-state index contributed by atoms with van der Waals surface area (Å²) in [7, 11) is 1.37. The van der Waals surface area contributed by atoms with Crippen molar-refractivity contribution in [3.8, 4) is 5.75 Å². The monoisotopic (exact) mass is 230 g/mol. The fraction of sp³-hybridized carbons (Fsp3) is 0.333. The highest BCUT2D eigenvalue weighted by Gasteiger charge is 2.31. The van der Waals surface area contributed by atoms with Crippen molar-refractivity contribution in [1.82, 2.24) is 0 Å². The molecule has 1 aromatic rings. The van der Waals surface area contributed by atoms with Gasteiger partial charge in [-0.15, -0.1) is 6.58 Å². The van der Waals surface area contributed by atoms with Gasteiger partial charge in [-0.25, -0.2) is 0 Å². The lowest BCUT2D eigenvalue weighted by Gasteiger charge is -2.12. The van der Waals surface area contributed by atoms with Crippen LogP contribution in [0.15, 0.2) is 30.9 Å². The normalized spacial score (nSPS) is 11.2. The lowest BCUT2D eigenvalue weighted by molar-refractivity contribution is -0.137. The molecule has 0 bridgehead atoms. The van der Waals surface area contributed by atoms with Crippen molar-refractivity contribution in [2.75, 3.05) is 7.11 Å². The van der Waals surface area contributed by atoms with Crippen molar-refractivity contribution in [3.05, 3.63) is 42.0 Å². The summed E-state index contributed by atoms with van der Waals surface area (Å²) in [5, 5.41) is 0. The molecule has 0 aromatic heterocycles. The van der Waals surface area contributed by atoms with E-state index in [9.17, 15) is 13.2 Å². The van der Waals surface area contributed by atoms with Crippen LogP contribution in [0.3, 0.4) is 0 Å². The van der Waals surface area contributed by atoms with Gasteiger partial charge in [-0.05, 0) is 30.5 Å². The number of halogens is 3. The van der Waals surface area contributed by atoms with E-state index < -0.39 is 11.7 Å². The zero-order valence-corrected chi connectivity index (χ0v) is 8.97. The van der Waals surface area contributed by atoms with E-state index in [-0.39, 0.29) is 5.75 Å². The first-order chi connectivity index (χ1) is 7.49. The van der Waals surface area contributed by atoms with Gasteiger partial charge in [0, 0.05) is 0 Å². The van der Waals surface area contributed by atoms with Gasteiger partial charge in [-0.3, -0.25) is 0 Å². The molecule has 88 valence electrons. The van der Waals surface area contributed by atoms with Gasteiger partial charge < -0.3 is 4.74 Å². The van der Waals surface area contributed by atoms with Gasteiger partial charge in [0.1, 0.15) is 5.75 Å². The maximum absolute atomic E-state index is 12.4. The minimum Gasteiger partial charge on any atom is -0.496 e. The van der Waals surface area contributed by atoms with Gasteiger partial charge in [0.05, 0.1) is 12.7 Å². The largest absolute Gasteiger partial charge is 0.496 e. The molecule has 0 amide bonds. The molecule has 0 spiro atoms. The number of methoxy groups -OCH3 is 1. The molecule has 0 aliphatic carbocycles. The zero-order valence-electron chi connectivity index (χ0n) is 8.97. The predicted molar refractivity (Wildman–Crippen MR) is 56.5 cm³/mol. The zero-order chi connectivity index (χ0) is 12.2. The third-order valence-electron chi connectivity index (χ3n) is 2.23. The highest BCUT2D eigenvalue weighted by atomic mass is 19.4. The van der Waals surface area contributed by atoms with Gasteiger partial charge in [-0.2, -0.15) is 13.2 Å². The molecule has 0 heterocycles. The molecule has 1 aromatic carbocycles. The van der Waals surface area contributed by atoms with Crippen LogP contribution in [0.1, 0.15) is 17.5 Å². The Bertz CT molecular complexity index is 369. The Kier molecular flexibility index (Phi) is 3.99. The van der Waals surface area contributed by atoms with E-state index in [1.165, 1.54) is 13.2 Å². The number of hydrogen-bond donors (Lipinski definition) is 0. The summed E-state index contributed by atoms with van der Waals surface area (Å²) in [6.45, 7) is 3.57. The first-order valence-electron chi connectivity index (χ1n) is 4.84. The van der Waals surface area contributed by atoms with Crippen LogP contribution >= 0.6 is 0 Å². The minimum absolute atomic E-state index is 0.275. The molecule has 0 N–H and O–H groups in total. The first kappa shape index (κ1) is 12.6. The Morgan fingerprint density at radius 3 is 2.56 bits per heavy atom. The molecule has 4 heteroatoms. The molecular weight excluding hydrogens is 217 g/mol. The van der Waals surface area contributed by atoms with Crippen LogP contribution in [-0.2, 0) is 12.6 Å². The molecule has 0 aliphatic heterocycles. The lowest BCUT2D eigenvalue weighted by Crippen LogP contribution is -2.06. The molecule has 16 heavy (non-hydrogen) atoms. The Hall–Kier alpha value is -1.45. The number of hydrogen-bond acceptors (Lipinski definition) is 1. The molecule has 0 aliphatic rings. The number of aryl methyl sites for hydroxylation is 1. The highest BCUT2D eigenvalue weighted by molar-refractivity contribution is 5.38. The van der Waals surface area contributed by atoms with Crippen LogP contribution in [0.4, 0.5) is 13.2 Å². The molecular formula is C12H13F3O. The second-order valence-electron chi connectivity index (χ2n) is 3.35. The summed E-state index contributed by atoms with van der Waals surface area (Å²) in [4.78, 5) is 0. The maximum atomic E-state index is 12.4. The topological polar surface area (TPSA) is 9.23 Å². The average molecular weight is 230 g/mol. The van der Waals surface area contributed by atoms with Crippen molar-refractivity contribution < 1.29 is 17.9 Å². The van der Waals surface area contributed by atoms with E-state index >= 15 is 0 Å². The van der Waals surface area contributed by atoms with E-state index in [4.69, 9.17) is 4.74 Å². The maximum Gasteiger partial charge on any atom is 0.416 e. The summed E-state index contributed by atoms with van der Waals surface area (Å²) in [5.74, 6) is 0.275. The first-order valence-corrected chi connectivity index (χ1v) is 4.84. The predicted octanol–water partition coefficient (Wildman–Crippen LogP) is 3.83. The van der Waals surface area contributed by atoms with E-state index in [1.807, 2.05) is 0 Å². The summed E-state index contributed by atoms with van der Waals surface area (Å²) < 4.78 is 42.2. The standard InChI is InChI=1S/C12H13F3O/c1-3-4-5-9-6-7-10(12(13,14)15)8-11(9)16-2/h3,6-8H,1,4-5H2,2H3. The Morgan fingerprint density at radius 1 is 1.38 bits per heavy atom. The van der Waals surface area contributed by atoms with Crippen LogP contribution in [0, 0.1) is 0 Å². The van der Waals surface area contributed by atoms with Crippen LogP contribution in [0.5, 0.6) is 5.75 Å². The molecule has 0 saturated heterocycles. The Balaban J connectivity index is 3.02. The molecule has 1 rings (SSSR count). The quantitative estimate of drug-likeness (QED) is 0.714. The molecule has 0 atom stereocenters. The van der Waals surface area contributed by atoms with Crippen molar-refractivity contribution in [2.45, 2.75) is 19.0 Å². The van der Waals surface area contributed by atoms with Crippen molar-refractivity contribution in [2.24, 2.45) is 0 Å². The highest BCUT2D eigenvalue weighted by Crippen LogP contribution is 2.33. The number of benzene rings is 1. The SMILES string of the molecule is C=CCCc1ccc(C(F)(F)F)cc1OC. The fourth-order valence-corrected chi connectivity index (χ4v) is 1.38. The Labute approximate surface area is 92.5 Å². The van der Waals surface area contributed by atoms with Crippen LogP contribution in [-0.4, -0.2) is 7.11 Å². The van der Waals surface area contributed by atoms with Gasteiger partial charge in [0.25, 0.3) is 0 Å². The van der Waals surface area contributed by atoms with Gasteiger partial charge in [0.2, 0.25) is 0 Å². The fourth-order valence-electron chi connectivity index (χ4n) is 1.38. The van der Waals surface area contributed by atoms with Gasteiger partial charge >= 0.3 is 6.18 Å². The Morgan fingerprint density at radius 2 is 2.06 bits per heavy atom. The summed E-state index contributed by atoms with van der Waals surface area (Å²) in [6.07, 6.45) is -1.27. The van der Waals surface area contributed by atoms with Crippen LogP contribution < -0.4 is 4.74 Å². The van der Waals surface area contributed by atoms with E-state index in [1.54, 1.807) is 6.08 Å². The lowest BCUT2D eigenvalue weighted by atomic mass is 10.1. The molecule has 0 unspecified atom stereocenters. The van der Waals surface area contributed by atoms with Crippen molar-refractivity contribution in [3.63, 3.8) is 0 Å². The number of rotatable bonds is 4. The smallest absolute Gasteiger partial charge is 0.416 e. The molecule has 0 fully saturated rings. The molecule has 0 saturated carbocycles. The third-order valence-corrected chi connectivity index (χ3v) is 2.23. The summed E-state index contributed by atoms with van der Waals surface area (Å²) in [5.41, 5.74) is 0.0714. The van der Waals surface area contributed by atoms with Crippen molar-refractivity contribution in [1.29, 1.82) is 0 Å². The van der Waals surface area contributed by atoms with Gasteiger partial charge in [0.15, 0.2) is 0 Å². The minimum atomic E-state index is -4.33. The number of alkyl halides is 3. The second kappa shape index (κ2) is 5.05. The number of allylic oxidation sites excluding steroid dienone is 1. The second-order valence-corrected chi connectivity index (χ2v) is 3.35. The molecule has 1 nitrogen and oxygen atoms in total. The summed E-state index contributed by atoms with van der Waals surface area (Å²) >= 11 is 0. The van der Waals surface area contributed by atoms with E-state index in [0.717, 1.165) is 17.7 Å². The van der Waals surface area contributed by atoms with Crippen LogP contribution in [0.25, 0.3) is 0 Å². The third kappa shape index (κ3) is 3.02. The number of ether oxygens (including phenoxy) is 1. The molecule has 0 radical (unpaired) electrons. The van der Waals surface area contributed by atoms with E-state index in [0.29, 0.717) is 12.8 Å². The van der Waals surface area contributed by atoms with Crippen LogP contribution in [0.2, 0.25) is 0 Å². The summed E-state index contributed by atoms with van der Waals surface area (Å²) in [6, 6.07) is 3.55. The van der Waals surface area contributed by atoms with E-state index in [2.05, 4.69) is 6.58 Å².